The number of anilines is 1. The molecule has 0 fully saturated rings. The maximum absolute atomic E-state index is 12.6. The molecule has 0 unspecified atom stereocenters. The second-order valence-corrected chi connectivity index (χ2v) is 5.93. The predicted molar refractivity (Wildman–Crippen MR) is 93.0 cm³/mol. The number of nitrogens with zero attached hydrogens (tertiary/aromatic N) is 5. The molecule has 0 bridgehead atoms. The molecule has 0 atom stereocenters. The summed E-state index contributed by atoms with van der Waals surface area (Å²) in [6.07, 6.45) is 0.529. The third kappa shape index (κ3) is 2.59. The van der Waals surface area contributed by atoms with E-state index in [2.05, 4.69) is 10.3 Å². The Morgan fingerprint density at radius 3 is 2.85 bits per heavy atom. The van der Waals surface area contributed by atoms with Gasteiger partial charge in [-0.25, -0.2) is 4.68 Å². The first kappa shape index (κ1) is 15.9. The number of fused-ring (bicyclic) bond motifs is 2. The van der Waals surface area contributed by atoms with Gasteiger partial charge in [0.2, 0.25) is 5.91 Å². The van der Waals surface area contributed by atoms with Gasteiger partial charge in [-0.05, 0) is 30.2 Å². The van der Waals surface area contributed by atoms with Crippen LogP contribution in [0.5, 0.6) is 0 Å². The molecule has 130 valence electrons. The molecule has 9 nitrogen and oxygen atoms in total. The Morgan fingerprint density at radius 1 is 1.23 bits per heavy atom. The molecular weight excluding hydrogens is 338 g/mol. The highest BCUT2D eigenvalue weighted by molar-refractivity contribution is 5.95. The van der Waals surface area contributed by atoms with Crippen LogP contribution in [0.4, 0.5) is 11.4 Å². The zero-order valence-corrected chi connectivity index (χ0v) is 13.5. The molecule has 0 N–H and O–H groups in total. The number of hydrogen-bond donors (Lipinski definition) is 0. The molecule has 1 aromatic heterocycles. The van der Waals surface area contributed by atoms with Crippen molar-refractivity contribution in [1.29, 1.82) is 0 Å². The number of rotatable bonds is 3. The van der Waals surface area contributed by atoms with Crippen LogP contribution in [0.25, 0.3) is 10.9 Å². The van der Waals surface area contributed by atoms with Crippen molar-refractivity contribution in [2.75, 3.05) is 11.4 Å². The summed E-state index contributed by atoms with van der Waals surface area (Å²) in [6.45, 7) is 0.165. The second kappa shape index (κ2) is 6.03. The zero-order chi connectivity index (χ0) is 18.3. The van der Waals surface area contributed by atoms with Crippen LogP contribution in [0.3, 0.4) is 0 Å². The third-order valence-electron chi connectivity index (χ3n) is 4.38. The van der Waals surface area contributed by atoms with Gasteiger partial charge in [0.1, 0.15) is 12.1 Å². The van der Waals surface area contributed by atoms with E-state index in [1.54, 1.807) is 30.3 Å². The fourth-order valence-electron chi connectivity index (χ4n) is 3.10. The van der Waals surface area contributed by atoms with Crippen molar-refractivity contribution < 1.29 is 9.72 Å². The number of nitro groups is 1. The topological polar surface area (TPSA) is 111 Å². The highest BCUT2D eigenvalue weighted by Gasteiger charge is 2.27. The van der Waals surface area contributed by atoms with Crippen molar-refractivity contribution in [1.82, 2.24) is 15.0 Å². The highest BCUT2D eigenvalue weighted by atomic mass is 16.6. The molecule has 3 aromatic rings. The molecule has 9 heteroatoms. The number of benzene rings is 2. The summed E-state index contributed by atoms with van der Waals surface area (Å²) < 4.78 is 1.04. The summed E-state index contributed by atoms with van der Waals surface area (Å²) in [7, 11) is 0. The van der Waals surface area contributed by atoms with Crippen molar-refractivity contribution in [3.8, 4) is 0 Å². The van der Waals surface area contributed by atoms with Gasteiger partial charge in [-0.3, -0.25) is 19.7 Å². The van der Waals surface area contributed by atoms with Gasteiger partial charge in [-0.15, -0.1) is 5.10 Å². The van der Waals surface area contributed by atoms with Crippen molar-refractivity contribution in [3.05, 3.63) is 68.5 Å². The molecule has 4 rings (SSSR count). The Bertz CT molecular complexity index is 1110. The van der Waals surface area contributed by atoms with Crippen LogP contribution in [-0.4, -0.2) is 32.4 Å². The average Bonchev–Trinajstić information content (AvgIpc) is 3.07. The van der Waals surface area contributed by atoms with E-state index in [0.29, 0.717) is 29.6 Å². The van der Waals surface area contributed by atoms with Crippen LogP contribution in [0.1, 0.15) is 5.56 Å². The first-order chi connectivity index (χ1) is 12.5. The van der Waals surface area contributed by atoms with Crippen LogP contribution in [-0.2, 0) is 17.8 Å². The monoisotopic (exact) mass is 351 g/mol. The van der Waals surface area contributed by atoms with Gasteiger partial charge in [-0.2, -0.15) is 0 Å². The molecule has 26 heavy (non-hydrogen) atoms. The lowest BCUT2D eigenvalue weighted by molar-refractivity contribution is -0.384. The normalized spacial score (nSPS) is 13.0. The van der Waals surface area contributed by atoms with Crippen LogP contribution in [0.15, 0.2) is 47.3 Å². The first-order valence-corrected chi connectivity index (χ1v) is 7.95. The van der Waals surface area contributed by atoms with Crippen LogP contribution in [0, 0.1) is 10.1 Å². The van der Waals surface area contributed by atoms with Gasteiger partial charge in [0.05, 0.1) is 10.3 Å². The van der Waals surface area contributed by atoms with E-state index >= 15 is 0 Å². The lowest BCUT2D eigenvalue weighted by atomic mass is 10.1. The van der Waals surface area contributed by atoms with Crippen molar-refractivity contribution in [3.63, 3.8) is 0 Å². The molecule has 2 heterocycles. The van der Waals surface area contributed by atoms with Crippen molar-refractivity contribution >= 4 is 28.2 Å². The Morgan fingerprint density at radius 2 is 2.04 bits per heavy atom. The van der Waals surface area contributed by atoms with E-state index < -0.39 is 4.92 Å². The van der Waals surface area contributed by atoms with Crippen LogP contribution >= 0.6 is 0 Å². The minimum Gasteiger partial charge on any atom is -0.310 e. The van der Waals surface area contributed by atoms with E-state index in [1.807, 2.05) is 0 Å². The molecular formula is C17H13N5O4. The third-order valence-corrected chi connectivity index (χ3v) is 4.38. The molecule has 1 amide bonds. The van der Waals surface area contributed by atoms with Gasteiger partial charge in [0.15, 0.2) is 0 Å². The van der Waals surface area contributed by atoms with E-state index in [9.17, 15) is 19.7 Å². The SMILES string of the molecule is O=C(Cn1nnc2ccccc2c1=O)N1CCc2cc([N+](=O)[O-])ccc21. The molecule has 0 spiro atoms. The van der Waals surface area contributed by atoms with E-state index in [0.717, 1.165) is 10.2 Å². The molecule has 0 saturated carbocycles. The number of carbonyl (C=O) groups is 1. The number of nitro benzene ring substituents is 1. The Labute approximate surface area is 146 Å². The quantitative estimate of drug-likeness (QED) is 0.519. The Hall–Kier alpha value is -3.62. The van der Waals surface area contributed by atoms with E-state index in [-0.39, 0.29) is 23.7 Å². The minimum absolute atomic E-state index is 0.00494. The van der Waals surface area contributed by atoms with Crippen molar-refractivity contribution in [2.45, 2.75) is 13.0 Å². The molecule has 0 radical (unpaired) electrons. The van der Waals surface area contributed by atoms with Gasteiger partial charge < -0.3 is 4.90 Å². The second-order valence-electron chi connectivity index (χ2n) is 5.93. The lowest BCUT2D eigenvalue weighted by Crippen LogP contribution is -2.36. The summed E-state index contributed by atoms with van der Waals surface area (Å²) in [4.78, 5) is 37.0. The van der Waals surface area contributed by atoms with Gasteiger partial charge >= 0.3 is 0 Å². The van der Waals surface area contributed by atoms with Gasteiger partial charge in [-0.1, -0.05) is 17.3 Å². The Balaban J connectivity index is 1.62. The smallest absolute Gasteiger partial charge is 0.278 e. The fraction of sp³-hybridized carbons (Fsp3) is 0.176. The molecule has 2 aromatic carbocycles. The number of amides is 1. The zero-order valence-electron chi connectivity index (χ0n) is 13.5. The summed E-state index contributed by atoms with van der Waals surface area (Å²) in [6, 6.07) is 11.2. The molecule has 1 aliphatic rings. The maximum Gasteiger partial charge on any atom is 0.278 e. The summed E-state index contributed by atoms with van der Waals surface area (Å²) in [5, 5.41) is 19.1. The molecule has 1 aliphatic heterocycles. The van der Waals surface area contributed by atoms with Crippen molar-refractivity contribution in [2.24, 2.45) is 0 Å². The summed E-state index contributed by atoms with van der Waals surface area (Å²) in [5.74, 6) is -0.315. The predicted octanol–water partition coefficient (Wildman–Crippen LogP) is 1.29. The van der Waals surface area contributed by atoms with Gasteiger partial charge in [0, 0.05) is 24.4 Å². The first-order valence-electron chi connectivity index (χ1n) is 7.95. The number of hydrogen-bond acceptors (Lipinski definition) is 6. The number of aromatic nitrogens is 3. The number of carbonyl (C=O) groups excluding carboxylic acids is 1. The van der Waals surface area contributed by atoms with E-state index in [4.69, 9.17) is 0 Å². The summed E-state index contributed by atoms with van der Waals surface area (Å²) >= 11 is 0. The van der Waals surface area contributed by atoms with Gasteiger partial charge in [0.25, 0.3) is 11.2 Å². The Kier molecular flexibility index (Phi) is 3.68. The van der Waals surface area contributed by atoms with E-state index in [1.165, 1.54) is 17.0 Å². The minimum atomic E-state index is -0.463. The largest absolute Gasteiger partial charge is 0.310 e. The lowest BCUT2D eigenvalue weighted by Gasteiger charge is -2.17. The summed E-state index contributed by atoms with van der Waals surface area (Å²) in [5.41, 5.74) is 1.45. The standard InChI is InChI=1S/C17H13N5O4/c23-16(10-21-17(24)13-3-1-2-4-14(13)18-19-21)20-8-7-11-9-12(22(25)26)5-6-15(11)20/h1-6,9H,7-8,10H2. The number of non-ortho nitro benzene ring substituents is 1. The molecule has 0 aliphatic carbocycles. The van der Waals surface area contributed by atoms with Crippen LogP contribution in [0.2, 0.25) is 0 Å². The fourth-order valence-corrected chi connectivity index (χ4v) is 3.10. The van der Waals surface area contributed by atoms with Crippen LogP contribution < -0.4 is 10.5 Å². The molecule has 0 saturated heterocycles. The average molecular weight is 351 g/mol. The maximum atomic E-state index is 12.6. The highest BCUT2D eigenvalue weighted by Crippen LogP contribution is 2.31.